The average molecular weight is 634 g/mol. The van der Waals surface area contributed by atoms with Crippen molar-refractivity contribution in [2.45, 2.75) is 45.7 Å². The normalized spacial score (nSPS) is 17.9. The molecule has 0 saturated carbocycles. The summed E-state index contributed by atoms with van der Waals surface area (Å²) in [5.41, 5.74) is -2.04. The molecule has 0 N–H and O–H groups in total. The molecular weight excluding hydrogens is 602 g/mol. The summed E-state index contributed by atoms with van der Waals surface area (Å²) in [6.07, 6.45) is 2.68. The van der Waals surface area contributed by atoms with Gasteiger partial charge in [0.25, 0.3) is 11.5 Å². The van der Waals surface area contributed by atoms with Crippen LogP contribution in [0.25, 0.3) is 27.7 Å². The van der Waals surface area contributed by atoms with E-state index in [1.54, 1.807) is 31.0 Å². The lowest BCUT2D eigenvalue weighted by Crippen LogP contribution is -2.66. The maximum Gasteiger partial charge on any atom is 0.281 e. The largest absolute Gasteiger partial charge is 0.354 e. The average Bonchev–Trinajstić information content (AvgIpc) is 3.00. The summed E-state index contributed by atoms with van der Waals surface area (Å²) in [7, 11) is 1.39. The number of hydrogen-bond donors (Lipinski definition) is 0. The molecule has 46 heavy (non-hydrogen) atoms. The fraction of sp³-hybridized carbons (Fsp3) is 0.294. The zero-order chi connectivity index (χ0) is 33.4. The number of pyridine rings is 2. The van der Waals surface area contributed by atoms with Gasteiger partial charge in [0.05, 0.1) is 40.3 Å². The molecule has 0 bridgehead atoms. The van der Waals surface area contributed by atoms with Gasteiger partial charge in [-0.1, -0.05) is 26.5 Å². The number of halogens is 4. The summed E-state index contributed by atoms with van der Waals surface area (Å²) in [5.74, 6) is -6.16. The summed E-state index contributed by atoms with van der Waals surface area (Å²) in [4.78, 5) is 49.9. The molecule has 2 aromatic heterocycles. The molecule has 0 aliphatic carbocycles. The molecule has 2 amide bonds. The zero-order valence-corrected chi connectivity index (χ0v) is 25.9. The van der Waals surface area contributed by atoms with Crippen LogP contribution in [0.2, 0.25) is 0 Å². The van der Waals surface area contributed by atoms with Gasteiger partial charge in [-0.3, -0.25) is 23.9 Å². The fourth-order valence-electron chi connectivity index (χ4n) is 6.69. The number of likely N-dealkylation sites (N-methyl/N-ethyl adjacent to an activating group) is 1. The Hall–Kier alpha value is -5.00. The van der Waals surface area contributed by atoms with Gasteiger partial charge in [0.1, 0.15) is 29.2 Å². The van der Waals surface area contributed by atoms with Crippen LogP contribution in [0, 0.1) is 30.2 Å². The van der Waals surface area contributed by atoms with E-state index in [9.17, 15) is 14.4 Å². The number of aryl methyl sites for hydroxylation is 1. The van der Waals surface area contributed by atoms with Crippen LogP contribution in [-0.4, -0.2) is 58.5 Å². The van der Waals surface area contributed by atoms with Gasteiger partial charge in [-0.2, -0.15) is 0 Å². The number of carbonyl (C=O) groups excluding carboxylic acids is 2. The van der Waals surface area contributed by atoms with Gasteiger partial charge in [-0.15, -0.1) is 0 Å². The Labute approximate surface area is 262 Å². The standard InChI is InChI=1S/C34H31F4N5O3/c1-7-24(44)41-15-23-33(45)40(6)32-31(42(23)14-18(41)5)19-13-22(37)26(25-20(35)9-8-10-21(25)36)27(38)30(19)43(34(32)46)29-17(4)11-12-39-28(29)16(2)3/h7-13,16,18,23H,1,14-15H2,2-6H3. The van der Waals surface area contributed by atoms with Gasteiger partial charge in [-0.05, 0) is 55.7 Å². The summed E-state index contributed by atoms with van der Waals surface area (Å²) in [6, 6.07) is 3.97. The van der Waals surface area contributed by atoms with E-state index in [4.69, 9.17) is 0 Å². The Morgan fingerprint density at radius 2 is 1.67 bits per heavy atom. The van der Waals surface area contributed by atoms with Crippen LogP contribution < -0.4 is 15.4 Å². The number of amides is 2. The van der Waals surface area contributed by atoms with Crippen LogP contribution in [0.1, 0.15) is 37.9 Å². The van der Waals surface area contributed by atoms with Gasteiger partial charge in [0.2, 0.25) is 5.91 Å². The zero-order valence-electron chi connectivity index (χ0n) is 25.9. The Kier molecular flexibility index (Phi) is 7.49. The Bertz CT molecular complexity index is 2020. The molecule has 2 aliphatic rings. The van der Waals surface area contributed by atoms with Crippen molar-refractivity contribution in [3.05, 3.63) is 94.1 Å². The Morgan fingerprint density at radius 1 is 1.00 bits per heavy atom. The predicted molar refractivity (Wildman–Crippen MR) is 167 cm³/mol. The van der Waals surface area contributed by atoms with E-state index in [0.29, 0.717) is 11.3 Å². The molecule has 2 atom stereocenters. The lowest BCUT2D eigenvalue weighted by molar-refractivity contribution is -0.130. The van der Waals surface area contributed by atoms with Crippen molar-refractivity contribution in [3.8, 4) is 16.8 Å². The first-order chi connectivity index (χ1) is 21.8. The first-order valence-corrected chi connectivity index (χ1v) is 14.8. The molecular formula is C34H31F4N5O3. The number of benzene rings is 2. The molecule has 4 heterocycles. The molecule has 238 valence electrons. The van der Waals surface area contributed by atoms with Gasteiger partial charge in [-0.25, -0.2) is 17.6 Å². The van der Waals surface area contributed by atoms with Crippen LogP contribution in [0.4, 0.5) is 28.9 Å². The van der Waals surface area contributed by atoms with E-state index in [0.717, 1.165) is 39.8 Å². The smallest absolute Gasteiger partial charge is 0.281 e. The molecule has 12 heteroatoms. The second-order valence-electron chi connectivity index (χ2n) is 12.0. The number of nitrogens with zero attached hydrogens (tertiary/aromatic N) is 5. The van der Waals surface area contributed by atoms with Crippen LogP contribution in [0.5, 0.6) is 0 Å². The number of aromatic nitrogens is 2. The highest BCUT2D eigenvalue weighted by molar-refractivity contribution is 6.12. The van der Waals surface area contributed by atoms with Crippen molar-refractivity contribution in [2.75, 3.05) is 29.9 Å². The van der Waals surface area contributed by atoms with Crippen molar-refractivity contribution in [3.63, 3.8) is 0 Å². The topological polar surface area (TPSA) is 78.8 Å². The molecule has 0 radical (unpaired) electrons. The van der Waals surface area contributed by atoms with Crippen LogP contribution >= 0.6 is 0 Å². The van der Waals surface area contributed by atoms with E-state index >= 15 is 17.6 Å². The number of fused-ring (bicyclic) bond motifs is 5. The SMILES string of the molecule is C=CC(=O)N1CC2C(=O)N(C)c3c(c4cc(F)c(-c5c(F)cccc5F)c(F)c4n(-c4c(C)ccnc4C(C)C)c3=O)N2CC1C. The van der Waals surface area contributed by atoms with E-state index in [1.807, 2.05) is 13.8 Å². The van der Waals surface area contributed by atoms with Gasteiger partial charge in [0, 0.05) is 31.2 Å². The van der Waals surface area contributed by atoms with E-state index in [2.05, 4.69) is 11.6 Å². The molecule has 8 nitrogen and oxygen atoms in total. The third-order valence-electron chi connectivity index (χ3n) is 8.87. The minimum Gasteiger partial charge on any atom is -0.354 e. The van der Waals surface area contributed by atoms with Crippen LogP contribution in [0.15, 0.2) is 54.0 Å². The third kappa shape index (κ3) is 4.41. The molecule has 2 aromatic carbocycles. The third-order valence-corrected chi connectivity index (χ3v) is 8.87. The van der Waals surface area contributed by atoms with Crippen molar-refractivity contribution >= 4 is 34.1 Å². The molecule has 6 rings (SSSR count). The van der Waals surface area contributed by atoms with Crippen molar-refractivity contribution in [1.29, 1.82) is 0 Å². The van der Waals surface area contributed by atoms with Crippen LogP contribution in [0.3, 0.4) is 0 Å². The lowest BCUT2D eigenvalue weighted by atomic mass is 9.95. The molecule has 0 spiro atoms. The maximum atomic E-state index is 17.1. The number of piperazine rings is 1. The fourth-order valence-corrected chi connectivity index (χ4v) is 6.69. The van der Waals surface area contributed by atoms with E-state index < -0.39 is 69.4 Å². The summed E-state index contributed by atoms with van der Waals surface area (Å²) >= 11 is 0. The van der Waals surface area contributed by atoms with Crippen molar-refractivity contribution in [2.24, 2.45) is 0 Å². The number of rotatable bonds is 4. The van der Waals surface area contributed by atoms with Gasteiger partial charge >= 0.3 is 0 Å². The first kappa shape index (κ1) is 31.0. The number of carbonyl (C=O) groups is 2. The second kappa shape index (κ2) is 11.1. The minimum absolute atomic E-state index is 0.0471. The monoisotopic (exact) mass is 633 g/mol. The summed E-state index contributed by atoms with van der Waals surface area (Å²) < 4.78 is 64.4. The Morgan fingerprint density at radius 3 is 2.30 bits per heavy atom. The second-order valence-corrected chi connectivity index (χ2v) is 12.0. The van der Waals surface area contributed by atoms with E-state index in [-0.39, 0.29) is 41.5 Å². The van der Waals surface area contributed by atoms with Gasteiger partial charge < -0.3 is 14.7 Å². The van der Waals surface area contributed by atoms with Crippen molar-refractivity contribution in [1.82, 2.24) is 14.5 Å². The van der Waals surface area contributed by atoms with Gasteiger partial charge in [0.15, 0.2) is 5.82 Å². The van der Waals surface area contributed by atoms with Crippen LogP contribution in [-0.2, 0) is 9.59 Å². The first-order valence-electron chi connectivity index (χ1n) is 14.8. The van der Waals surface area contributed by atoms with E-state index in [1.165, 1.54) is 11.9 Å². The number of hydrogen-bond acceptors (Lipinski definition) is 5. The molecule has 4 aromatic rings. The highest BCUT2D eigenvalue weighted by Crippen LogP contribution is 2.45. The highest BCUT2D eigenvalue weighted by atomic mass is 19.1. The predicted octanol–water partition coefficient (Wildman–Crippen LogP) is 5.61. The van der Waals surface area contributed by atoms with Crippen molar-refractivity contribution < 1.29 is 27.2 Å². The molecule has 1 saturated heterocycles. The minimum atomic E-state index is -1.36. The highest BCUT2D eigenvalue weighted by Gasteiger charge is 2.46. The quantitative estimate of drug-likeness (QED) is 0.216. The summed E-state index contributed by atoms with van der Waals surface area (Å²) in [6.45, 7) is 10.6. The summed E-state index contributed by atoms with van der Waals surface area (Å²) in [5, 5.41) is -0.0943. The number of anilines is 2. The molecule has 1 fully saturated rings. The molecule has 2 unspecified atom stereocenters. The maximum absolute atomic E-state index is 17.1. The molecule has 2 aliphatic heterocycles. The Balaban J connectivity index is 1.80. The lowest BCUT2D eigenvalue weighted by Gasteiger charge is -2.50.